The minimum absolute atomic E-state index is 1.16. The van der Waals surface area contributed by atoms with E-state index in [0.29, 0.717) is 0 Å². The minimum Gasteiger partial charge on any atom is -0.309 e. The standard InChI is InChI=1S/C56H36N2/c1-3-16-45(17-4-1)57-51-20-9-7-12-43(51)34-53(57)39-26-22-37(23-27-39)49-36-50(48-33-31-42-15-11-14-41-30-32-47(49)56(48)55(41)42)38-24-28-40(29-25-38)54-35-44-13-8-10-21-52(44)58(54)46-18-5-2-6-19-46/h1-36H. The first-order valence-electron chi connectivity index (χ1n) is 20.0. The summed E-state index contributed by atoms with van der Waals surface area (Å²) in [7, 11) is 0. The van der Waals surface area contributed by atoms with Crippen LogP contribution in [0.2, 0.25) is 0 Å². The van der Waals surface area contributed by atoms with E-state index in [2.05, 4.69) is 228 Å². The van der Waals surface area contributed by atoms with Gasteiger partial charge in [-0.1, -0.05) is 164 Å². The lowest BCUT2D eigenvalue weighted by atomic mass is 9.85. The zero-order valence-corrected chi connectivity index (χ0v) is 31.7. The summed E-state index contributed by atoms with van der Waals surface area (Å²) < 4.78 is 4.75. The van der Waals surface area contributed by atoms with Crippen molar-refractivity contribution >= 4 is 54.1 Å². The van der Waals surface area contributed by atoms with Crippen molar-refractivity contribution in [3.05, 3.63) is 218 Å². The van der Waals surface area contributed by atoms with Gasteiger partial charge in [0.2, 0.25) is 0 Å². The first kappa shape index (κ1) is 32.6. The molecule has 0 amide bonds. The molecule has 0 aliphatic rings. The molecule has 0 aliphatic carbocycles. The van der Waals surface area contributed by atoms with Gasteiger partial charge in [-0.15, -0.1) is 0 Å². The van der Waals surface area contributed by atoms with E-state index in [0.717, 1.165) is 11.4 Å². The summed E-state index contributed by atoms with van der Waals surface area (Å²) in [6.45, 7) is 0. The van der Waals surface area contributed by atoms with Crippen LogP contribution in [0.4, 0.5) is 0 Å². The van der Waals surface area contributed by atoms with Crippen molar-refractivity contribution in [1.29, 1.82) is 0 Å². The number of benzene rings is 10. The van der Waals surface area contributed by atoms with Crippen molar-refractivity contribution in [1.82, 2.24) is 9.13 Å². The van der Waals surface area contributed by atoms with Crippen LogP contribution in [0.1, 0.15) is 0 Å². The van der Waals surface area contributed by atoms with E-state index in [4.69, 9.17) is 0 Å². The van der Waals surface area contributed by atoms with Gasteiger partial charge < -0.3 is 9.13 Å². The second-order valence-electron chi connectivity index (χ2n) is 15.3. The zero-order chi connectivity index (χ0) is 38.2. The Hall–Kier alpha value is -7.68. The van der Waals surface area contributed by atoms with Crippen LogP contribution in [-0.2, 0) is 0 Å². The fourth-order valence-electron chi connectivity index (χ4n) is 9.40. The van der Waals surface area contributed by atoms with Gasteiger partial charge in [0.25, 0.3) is 0 Å². The SMILES string of the molecule is c1ccc(-n2c(-c3ccc(-c4cc(-c5ccc(-c6cc7ccccc7n6-c6ccccc6)cc5)c5ccc6cccc7ccc4c5c76)cc3)cc3ccccc32)cc1. The van der Waals surface area contributed by atoms with Crippen molar-refractivity contribution in [2.45, 2.75) is 0 Å². The summed E-state index contributed by atoms with van der Waals surface area (Å²) in [6.07, 6.45) is 0. The molecule has 0 unspecified atom stereocenters. The third-order valence-corrected chi connectivity index (χ3v) is 12.1. The number of hydrogen-bond donors (Lipinski definition) is 0. The molecule has 0 saturated heterocycles. The van der Waals surface area contributed by atoms with Crippen LogP contribution in [0, 0.1) is 0 Å². The van der Waals surface area contributed by atoms with Crippen molar-refractivity contribution in [2.24, 2.45) is 0 Å². The fourth-order valence-corrected chi connectivity index (χ4v) is 9.40. The van der Waals surface area contributed by atoms with Crippen LogP contribution >= 0.6 is 0 Å². The van der Waals surface area contributed by atoms with E-state index in [1.54, 1.807) is 0 Å². The molecule has 2 heteroatoms. The molecule has 0 radical (unpaired) electrons. The lowest BCUT2D eigenvalue weighted by molar-refractivity contribution is 1.13. The molecule has 2 nitrogen and oxygen atoms in total. The summed E-state index contributed by atoms with van der Waals surface area (Å²) in [6, 6.07) is 80.0. The van der Waals surface area contributed by atoms with E-state index in [1.807, 2.05) is 0 Å². The van der Waals surface area contributed by atoms with E-state index < -0.39 is 0 Å². The highest BCUT2D eigenvalue weighted by Gasteiger charge is 2.19. The van der Waals surface area contributed by atoms with Crippen LogP contribution in [0.25, 0.3) is 110 Å². The number of rotatable bonds is 6. The number of aromatic nitrogens is 2. The fraction of sp³-hybridized carbons (Fsp3) is 0. The quantitative estimate of drug-likeness (QED) is 0.150. The van der Waals surface area contributed by atoms with Gasteiger partial charge in [0.15, 0.2) is 0 Å². The van der Waals surface area contributed by atoms with Gasteiger partial charge in [0.1, 0.15) is 0 Å². The van der Waals surface area contributed by atoms with Crippen molar-refractivity contribution < 1.29 is 0 Å². The number of hydrogen-bond acceptors (Lipinski definition) is 0. The lowest BCUT2D eigenvalue weighted by Crippen LogP contribution is -1.96. The lowest BCUT2D eigenvalue weighted by Gasteiger charge is -2.19. The largest absolute Gasteiger partial charge is 0.309 e. The van der Waals surface area contributed by atoms with Gasteiger partial charge in [-0.25, -0.2) is 0 Å². The summed E-state index contributed by atoms with van der Waals surface area (Å²) in [5.41, 5.74) is 14.3. The normalized spacial score (nSPS) is 11.8. The topological polar surface area (TPSA) is 9.86 Å². The first-order valence-corrected chi connectivity index (χ1v) is 20.0. The second kappa shape index (κ2) is 12.9. The Kier molecular flexibility index (Phi) is 7.26. The van der Waals surface area contributed by atoms with Gasteiger partial charge in [-0.05, 0) is 120 Å². The zero-order valence-electron chi connectivity index (χ0n) is 31.7. The molecule has 0 spiro atoms. The highest BCUT2D eigenvalue weighted by atomic mass is 15.0. The van der Waals surface area contributed by atoms with Gasteiger partial charge in [-0.2, -0.15) is 0 Å². The van der Waals surface area contributed by atoms with Gasteiger partial charge >= 0.3 is 0 Å². The van der Waals surface area contributed by atoms with Crippen molar-refractivity contribution in [2.75, 3.05) is 0 Å². The molecule has 0 fully saturated rings. The van der Waals surface area contributed by atoms with Crippen LogP contribution in [-0.4, -0.2) is 9.13 Å². The maximum atomic E-state index is 2.42. The average molecular weight is 737 g/mol. The van der Waals surface area contributed by atoms with Gasteiger partial charge in [0.05, 0.1) is 22.4 Å². The van der Waals surface area contributed by atoms with E-state index in [9.17, 15) is 0 Å². The summed E-state index contributed by atoms with van der Waals surface area (Å²) >= 11 is 0. The molecule has 12 rings (SSSR count). The number of para-hydroxylation sites is 4. The molecule has 0 N–H and O–H groups in total. The average Bonchev–Trinajstić information content (AvgIpc) is 3.88. The summed E-state index contributed by atoms with van der Waals surface area (Å²) in [5.74, 6) is 0. The molecule has 12 aromatic rings. The molecule has 10 aromatic carbocycles. The smallest absolute Gasteiger partial charge is 0.0540 e. The summed E-state index contributed by atoms with van der Waals surface area (Å²) in [4.78, 5) is 0. The molecule has 0 bridgehead atoms. The molecule has 0 aliphatic heterocycles. The predicted molar refractivity (Wildman–Crippen MR) is 246 cm³/mol. The molecule has 2 aromatic heterocycles. The van der Waals surface area contributed by atoms with Crippen molar-refractivity contribution in [3.63, 3.8) is 0 Å². The molecule has 2 heterocycles. The Labute approximate surface area is 336 Å². The van der Waals surface area contributed by atoms with Crippen molar-refractivity contribution in [3.8, 4) is 56.1 Å². The van der Waals surface area contributed by atoms with E-state index >= 15 is 0 Å². The third kappa shape index (κ3) is 5.05. The molecular formula is C56H36N2. The maximum Gasteiger partial charge on any atom is 0.0540 e. The van der Waals surface area contributed by atoms with Crippen LogP contribution in [0.15, 0.2) is 218 Å². The van der Waals surface area contributed by atoms with Gasteiger partial charge in [-0.3, -0.25) is 0 Å². The number of fused-ring (bicyclic) bond motifs is 2. The van der Waals surface area contributed by atoms with Crippen LogP contribution < -0.4 is 0 Å². The Morgan fingerprint density at radius 2 is 0.655 bits per heavy atom. The molecule has 0 saturated carbocycles. The highest BCUT2D eigenvalue weighted by Crippen LogP contribution is 2.45. The second-order valence-corrected chi connectivity index (χ2v) is 15.3. The highest BCUT2D eigenvalue weighted by molar-refractivity contribution is 6.28. The Morgan fingerprint density at radius 3 is 1.12 bits per heavy atom. The molecule has 270 valence electrons. The Balaban J connectivity index is 1.02. The Bertz CT molecular complexity index is 3240. The molecular weight excluding hydrogens is 701 g/mol. The van der Waals surface area contributed by atoms with E-state index in [1.165, 1.54) is 98.9 Å². The Morgan fingerprint density at radius 1 is 0.259 bits per heavy atom. The van der Waals surface area contributed by atoms with Gasteiger partial charge in [0, 0.05) is 22.1 Å². The minimum atomic E-state index is 1.16. The monoisotopic (exact) mass is 736 g/mol. The maximum absolute atomic E-state index is 2.42. The van der Waals surface area contributed by atoms with E-state index in [-0.39, 0.29) is 0 Å². The summed E-state index contributed by atoms with van der Waals surface area (Å²) in [5, 5.41) is 10.2. The van der Waals surface area contributed by atoms with Crippen LogP contribution in [0.5, 0.6) is 0 Å². The first-order chi connectivity index (χ1) is 28.8. The predicted octanol–water partition coefficient (Wildman–Crippen LogP) is 15.1. The number of nitrogens with zero attached hydrogens (tertiary/aromatic N) is 2. The molecule has 0 atom stereocenters. The van der Waals surface area contributed by atoms with Crippen LogP contribution in [0.3, 0.4) is 0 Å². The molecule has 58 heavy (non-hydrogen) atoms. The third-order valence-electron chi connectivity index (χ3n) is 12.1.